The van der Waals surface area contributed by atoms with Gasteiger partial charge in [-0.15, -0.1) is 0 Å². The van der Waals surface area contributed by atoms with E-state index >= 15 is 0 Å². The highest BCUT2D eigenvalue weighted by Crippen LogP contribution is 2.12. The first-order valence-corrected chi connectivity index (χ1v) is 5.50. The van der Waals surface area contributed by atoms with E-state index in [4.69, 9.17) is 0 Å². The van der Waals surface area contributed by atoms with Crippen molar-refractivity contribution in [3.63, 3.8) is 0 Å². The van der Waals surface area contributed by atoms with Crippen molar-refractivity contribution >= 4 is 11.6 Å². The maximum Gasteiger partial charge on any atom is 0.233 e. The molecular weight excluding hydrogens is 231 g/mol. The predicted octanol–water partition coefficient (Wildman–Crippen LogP) is 3.20. The number of carbonyl (C=O) groups excluding carboxylic acids is 2. The van der Waals surface area contributed by atoms with Gasteiger partial charge in [-0.3, -0.25) is 9.59 Å². The van der Waals surface area contributed by atoms with Crippen LogP contribution in [0.2, 0.25) is 0 Å². The second-order valence-corrected chi connectivity index (χ2v) is 3.99. The van der Waals surface area contributed by atoms with Gasteiger partial charge < -0.3 is 0 Å². The Morgan fingerprint density at radius 2 is 1.50 bits per heavy atom. The van der Waals surface area contributed by atoms with E-state index in [0.29, 0.717) is 11.1 Å². The van der Waals surface area contributed by atoms with Crippen molar-refractivity contribution < 1.29 is 14.0 Å². The van der Waals surface area contributed by atoms with Gasteiger partial charge >= 0.3 is 0 Å². The number of carbonyl (C=O) groups is 2. The third-order valence-corrected chi connectivity index (χ3v) is 2.66. The molecule has 0 saturated carbocycles. The second-order valence-electron chi connectivity index (χ2n) is 3.99. The van der Waals surface area contributed by atoms with E-state index in [1.54, 1.807) is 37.3 Å². The summed E-state index contributed by atoms with van der Waals surface area (Å²) in [5.41, 5.74) is 0.897. The fourth-order valence-corrected chi connectivity index (χ4v) is 1.64. The summed E-state index contributed by atoms with van der Waals surface area (Å²) in [6, 6.07) is 12.2. The van der Waals surface area contributed by atoms with Gasteiger partial charge in [-0.05, 0) is 30.7 Å². The van der Waals surface area contributed by atoms with Crippen LogP contribution in [0.15, 0.2) is 48.5 Å². The molecule has 0 unspecified atom stereocenters. The zero-order valence-corrected chi connectivity index (χ0v) is 9.81. The first kappa shape index (κ1) is 12.2. The lowest BCUT2D eigenvalue weighted by molar-refractivity contribution is 0.0817. The molecule has 0 saturated heterocycles. The number of ketones is 2. The van der Waals surface area contributed by atoms with Crippen molar-refractivity contribution in [1.82, 2.24) is 0 Å². The summed E-state index contributed by atoms with van der Waals surface area (Å²) < 4.78 is 13.1. The van der Waals surface area contributed by atoms with Crippen LogP contribution < -0.4 is 0 Å². The molecule has 2 rings (SSSR count). The Balaban J connectivity index is 2.32. The van der Waals surface area contributed by atoms with E-state index in [2.05, 4.69) is 0 Å². The van der Waals surface area contributed by atoms with Gasteiger partial charge in [0.15, 0.2) is 0 Å². The van der Waals surface area contributed by atoms with Crippen molar-refractivity contribution in [2.75, 3.05) is 0 Å². The second kappa shape index (κ2) is 4.92. The number of halogens is 1. The summed E-state index contributed by atoms with van der Waals surface area (Å²) in [5.74, 6) is -1.59. The monoisotopic (exact) mass is 242 g/mol. The van der Waals surface area contributed by atoms with Crippen LogP contribution in [0, 0.1) is 12.7 Å². The van der Waals surface area contributed by atoms with E-state index in [-0.39, 0.29) is 5.56 Å². The van der Waals surface area contributed by atoms with Gasteiger partial charge in [0.1, 0.15) is 5.82 Å². The van der Waals surface area contributed by atoms with Crippen LogP contribution in [0.1, 0.15) is 26.3 Å². The Morgan fingerprint density at radius 1 is 0.889 bits per heavy atom. The topological polar surface area (TPSA) is 34.1 Å². The zero-order valence-electron chi connectivity index (χ0n) is 9.81. The third kappa shape index (κ3) is 2.35. The SMILES string of the molecule is Cc1cc(C(=O)C(=O)c2ccccc2)ccc1F. The number of rotatable bonds is 3. The molecule has 0 N–H and O–H groups in total. The van der Waals surface area contributed by atoms with E-state index in [9.17, 15) is 14.0 Å². The zero-order chi connectivity index (χ0) is 13.1. The minimum atomic E-state index is -0.621. The van der Waals surface area contributed by atoms with E-state index < -0.39 is 17.4 Å². The Morgan fingerprint density at radius 3 is 2.11 bits per heavy atom. The summed E-state index contributed by atoms with van der Waals surface area (Å²) in [5, 5.41) is 0. The Hall–Kier alpha value is -2.29. The summed E-state index contributed by atoms with van der Waals surface area (Å²) in [7, 11) is 0. The molecule has 0 aliphatic carbocycles. The normalized spacial score (nSPS) is 10.1. The molecule has 2 nitrogen and oxygen atoms in total. The van der Waals surface area contributed by atoms with Crippen molar-refractivity contribution in [1.29, 1.82) is 0 Å². The molecule has 0 spiro atoms. The van der Waals surface area contributed by atoms with E-state index in [1.165, 1.54) is 18.2 Å². The van der Waals surface area contributed by atoms with Gasteiger partial charge in [0.05, 0.1) is 0 Å². The van der Waals surface area contributed by atoms with Crippen LogP contribution in [0.3, 0.4) is 0 Å². The molecule has 90 valence electrons. The first-order valence-electron chi connectivity index (χ1n) is 5.50. The summed E-state index contributed by atoms with van der Waals surface area (Å²) in [6.07, 6.45) is 0. The highest BCUT2D eigenvalue weighted by Gasteiger charge is 2.18. The molecular formula is C15H11FO2. The van der Waals surface area contributed by atoms with Crippen LogP contribution >= 0.6 is 0 Å². The molecule has 18 heavy (non-hydrogen) atoms. The number of hydrogen-bond donors (Lipinski definition) is 0. The van der Waals surface area contributed by atoms with Gasteiger partial charge in [0.25, 0.3) is 0 Å². The predicted molar refractivity (Wildman–Crippen MR) is 66.2 cm³/mol. The highest BCUT2D eigenvalue weighted by molar-refractivity contribution is 6.49. The van der Waals surface area contributed by atoms with Crippen LogP contribution in [0.5, 0.6) is 0 Å². The Kier molecular flexibility index (Phi) is 3.33. The third-order valence-electron chi connectivity index (χ3n) is 2.66. The van der Waals surface area contributed by atoms with Gasteiger partial charge in [0.2, 0.25) is 11.6 Å². The quantitative estimate of drug-likeness (QED) is 0.611. The molecule has 0 atom stereocenters. The van der Waals surface area contributed by atoms with Gasteiger partial charge in [-0.1, -0.05) is 30.3 Å². The minimum absolute atomic E-state index is 0.211. The lowest BCUT2D eigenvalue weighted by Crippen LogP contribution is -2.14. The first-order chi connectivity index (χ1) is 8.59. The minimum Gasteiger partial charge on any atom is -0.285 e. The average Bonchev–Trinajstić information content (AvgIpc) is 2.41. The molecule has 0 radical (unpaired) electrons. The molecule has 0 amide bonds. The average molecular weight is 242 g/mol. The van der Waals surface area contributed by atoms with Gasteiger partial charge in [-0.25, -0.2) is 4.39 Å². The Bertz CT molecular complexity index is 603. The summed E-state index contributed by atoms with van der Waals surface area (Å²) in [4.78, 5) is 23.8. The fourth-order valence-electron chi connectivity index (χ4n) is 1.64. The van der Waals surface area contributed by atoms with Crippen LogP contribution in [-0.4, -0.2) is 11.6 Å². The summed E-state index contributed by atoms with van der Waals surface area (Å²) in [6.45, 7) is 1.55. The standard InChI is InChI=1S/C15H11FO2/c1-10-9-12(7-8-13(10)16)15(18)14(17)11-5-3-2-4-6-11/h2-9H,1H3. The highest BCUT2D eigenvalue weighted by atomic mass is 19.1. The number of aryl methyl sites for hydroxylation is 1. The van der Waals surface area contributed by atoms with Crippen molar-refractivity contribution in [3.05, 3.63) is 71.0 Å². The molecule has 0 heterocycles. The van der Waals surface area contributed by atoms with Crippen molar-refractivity contribution in [2.24, 2.45) is 0 Å². The molecule has 0 aromatic heterocycles. The van der Waals surface area contributed by atoms with Crippen molar-refractivity contribution in [2.45, 2.75) is 6.92 Å². The maximum absolute atomic E-state index is 13.1. The van der Waals surface area contributed by atoms with Crippen LogP contribution in [0.25, 0.3) is 0 Å². The van der Waals surface area contributed by atoms with Crippen molar-refractivity contribution in [3.8, 4) is 0 Å². The molecule has 2 aromatic rings. The Labute approximate surface area is 104 Å². The maximum atomic E-state index is 13.1. The van der Waals surface area contributed by atoms with Gasteiger partial charge in [-0.2, -0.15) is 0 Å². The lowest BCUT2D eigenvalue weighted by Gasteiger charge is -2.02. The smallest absolute Gasteiger partial charge is 0.233 e. The van der Waals surface area contributed by atoms with Crippen LogP contribution in [0.4, 0.5) is 4.39 Å². The number of benzene rings is 2. The number of hydrogen-bond acceptors (Lipinski definition) is 2. The molecule has 2 aromatic carbocycles. The molecule has 0 aliphatic heterocycles. The lowest BCUT2D eigenvalue weighted by atomic mass is 10.0. The van der Waals surface area contributed by atoms with Gasteiger partial charge in [0, 0.05) is 11.1 Å². The molecule has 3 heteroatoms. The molecule has 0 fully saturated rings. The number of Topliss-reactive ketones (excluding diaryl/α,β-unsaturated/α-hetero) is 2. The molecule has 0 aliphatic rings. The van der Waals surface area contributed by atoms with E-state index in [0.717, 1.165) is 0 Å². The fraction of sp³-hybridized carbons (Fsp3) is 0.0667. The molecule has 0 bridgehead atoms. The summed E-state index contributed by atoms with van der Waals surface area (Å²) >= 11 is 0. The van der Waals surface area contributed by atoms with E-state index in [1.807, 2.05) is 0 Å². The van der Waals surface area contributed by atoms with Crippen LogP contribution in [-0.2, 0) is 0 Å². The largest absolute Gasteiger partial charge is 0.285 e.